The second kappa shape index (κ2) is 39.1. The summed E-state index contributed by atoms with van der Waals surface area (Å²) in [6, 6.07) is -0.564. The number of rotatable bonds is 38. The molecule has 49 heavy (non-hydrogen) atoms. The van der Waals surface area contributed by atoms with Gasteiger partial charge in [-0.3, -0.25) is 9.59 Å². The van der Waals surface area contributed by atoms with Crippen LogP contribution in [-0.4, -0.2) is 47.4 Å². The summed E-state index contributed by atoms with van der Waals surface area (Å²) in [5, 5.41) is 23.0. The lowest BCUT2D eigenvalue weighted by molar-refractivity contribution is -0.143. The molecule has 0 radical (unpaired) electrons. The summed E-state index contributed by atoms with van der Waals surface area (Å²) in [5.41, 5.74) is 0. The van der Waals surface area contributed by atoms with Gasteiger partial charge in [-0.15, -0.1) is 0 Å². The molecule has 1 amide bonds. The van der Waals surface area contributed by atoms with E-state index in [1.54, 1.807) is 0 Å². The number of hydrogen-bond acceptors (Lipinski definition) is 5. The average molecular weight is 692 g/mol. The maximum absolute atomic E-state index is 12.3. The molecule has 0 saturated carbocycles. The summed E-state index contributed by atoms with van der Waals surface area (Å²) in [5.74, 6) is -0.123. The average Bonchev–Trinajstić information content (AvgIpc) is 3.10. The Bertz CT molecular complexity index is 767. The van der Waals surface area contributed by atoms with Gasteiger partial charge in [0.15, 0.2) is 0 Å². The van der Waals surface area contributed by atoms with Crippen LogP contribution in [0.4, 0.5) is 0 Å². The zero-order chi connectivity index (χ0) is 35.9. The molecule has 0 spiro atoms. The fourth-order valence-electron chi connectivity index (χ4n) is 6.15. The van der Waals surface area contributed by atoms with E-state index in [0.29, 0.717) is 25.9 Å². The molecule has 0 aliphatic heterocycles. The summed E-state index contributed by atoms with van der Waals surface area (Å²) in [6.07, 6.45) is 42.8. The first-order valence-corrected chi connectivity index (χ1v) is 21.1. The summed E-state index contributed by atoms with van der Waals surface area (Å²) in [7, 11) is 0. The summed E-state index contributed by atoms with van der Waals surface area (Å²) in [6.45, 7) is 4.80. The molecule has 2 atom stereocenters. The number of unbranched alkanes of at least 4 members (excludes halogenated alkanes) is 23. The van der Waals surface area contributed by atoms with Gasteiger partial charge in [0.25, 0.3) is 0 Å². The molecule has 6 nitrogen and oxygen atoms in total. The molecule has 3 N–H and O–H groups in total. The van der Waals surface area contributed by atoms with E-state index in [4.69, 9.17) is 4.74 Å². The molecule has 6 heteroatoms. The molecule has 0 saturated heterocycles. The Morgan fingerprint density at radius 2 is 0.959 bits per heavy atom. The van der Waals surface area contributed by atoms with Crippen LogP contribution < -0.4 is 5.32 Å². The van der Waals surface area contributed by atoms with Crippen LogP contribution in [0.1, 0.15) is 213 Å². The SMILES string of the molecule is CCCCCC/C=C\CCCCCCCC(=O)OCCCC/C=C\CCCCCCC(=O)NC(CO)C(O)CCCCCCCCCCC. The molecule has 0 aliphatic rings. The van der Waals surface area contributed by atoms with Gasteiger partial charge in [0.1, 0.15) is 0 Å². The molecule has 0 aromatic carbocycles. The molecule has 0 aliphatic carbocycles. The minimum Gasteiger partial charge on any atom is -0.466 e. The lowest BCUT2D eigenvalue weighted by Crippen LogP contribution is -2.45. The largest absolute Gasteiger partial charge is 0.466 e. The molecular formula is C43H81NO5. The molecular weight excluding hydrogens is 610 g/mol. The van der Waals surface area contributed by atoms with E-state index in [1.807, 2.05) is 0 Å². The van der Waals surface area contributed by atoms with E-state index in [9.17, 15) is 19.8 Å². The fourth-order valence-corrected chi connectivity index (χ4v) is 6.15. The first-order valence-electron chi connectivity index (χ1n) is 21.1. The van der Waals surface area contributed by atoms with E-state index in [2.05, 4.69) is 43.5 Å². The number of esters is 1. The highest BCUT2D eigenvalue weighted by Crippen LogP contribution is 2.14. The predicted octanol–water partition coefficient (Wildman–Crippen LogP) is 11.6. The molecule has 288 valence electrons. The van der Waals surface area contributed by atoms with Gasteiger partial charge in [-0.2, -0.15) is 0 Å². The number of aliphatic hydroxyl groups excluding tert-OH is 2. The van der Waals surface area contributed by atoms with E-state index >= 15 is 0 Å². The van der Waals surface area contributed by atoms with E-state index in [1.165, 1.54) is 103 Å². The monoisotopic (exact) mass is 692 g/mol. The van der Waals surface area contributed by atoms with Crippen molar-refractivity contribution in [1.29, 1.82) is 0 Å². The molecule has 0 rings (SSSR count). The Hall–Kier alpha value is -1.66. The number of ether oxygens (including phenoxy) is 1. The lowest BCUT2D eigenvalue weighted by Gasteiger charge is -2.22. The van der Waals surface area contributed by atoms with Crippen LogP contribution in [0.5, 0.6) is 0 Å². The van der Waals surface area contributed by atoms with Crippen LogP contribution in [0, 0.1) is 0 Å². The van der Waals surface area contributed by atoms with Gasteiger partial charge in [-0.05, 0) is 77.0 Å². The van der Waals surface area contributed by atoms with Gasteiger partial charge in [0.05, 0.1) is 25.4 Å². The van der Waals surface area contributed by atoms with Crippen LogP contribution >= 0.6 is 0 Å². The first-order chi connectivity index (χ1) is 24.0. The van der Waals surface area contributed by atoms with Crippen molar-refractivity contribution in [3.63, 3.8) is 0 Å². The van der Waals surface area contributed by atoms with Crippen molar-refractivity contribution in [2.75, 3.05) is 13.2 Å². The van der Waals surface area contributed by atoms with Gasteiger partial charge in [-0.1, -0.05) is 147 Å². The van der Waals surface area contributed by atoms with Crippen molar-refractivity contribution in [2.45, 2.75) is 225 Å². The minimum absolute atomic E-state index is 0.0471. The Kier molecular flexibility index (Phi) is 37.8. The minimum atomic E-state index is -0.683. The quantitative estimate of drug-likeness (QED) is 0.0340. The summed E-state index contributed by atoms with van der Waals surface area (Å²) >= 11 is 0. The number of hydrogen-bond donors (Lipinski definition) is 3. The summed E-state index contributed by atoms with van der Waals surface area (Å²) in [4.78, 5) is 24.3. The molecule has 0 heterocycles. The van der Waals surface area contributed by atoms with Crippen LogP contribution in [-0.2, 0) is 14.3 Å². The number of carbonyl (C=O) groups excluding carboxylic acids is 2. The van der Waals surface area contributed by atoms with Crippen molar-refractivity contribution in [1.82, 2.24) is 5.32 Å². The smallest absolute Gasteiger partial charge is 0.305 e. The molecule has 0 aromatic heterocycles. The zero-order valence-electron chi connectivity index (χ0n) is 32.4. The fraction of sp³-hybridized carbons (Fsp3) is 0.860. The van der Waals surface area contributed by atoms with Gasteiger partial charge < -0.3 is 20.3 Å². The van der Waals surface area contributed by atoms with E-state index in [0.717, 1.165) is 77.0 Å². The van der Waals surface area contributed by atoms with Gasteiger partial charge in [-0.25, -0.2) is 0 Å². The van der Waals surface area contributed by atoms with Gasteiger partial charge >= 0.3 is 5.97 Å². The Labute approximate surface area is 303 Å². The highest BCUT2D eigenvalue weighted by Gasteiger charge is 2.20. The molecule has 0 fully saturated rings. The first kappa shape index (κ1) is 47.3. The standard InChI is InChI=1S/C43H81NO5/c1-3-5-7-9-11-13-14-15-16-21-25-29-33-37-43(48)49-38-34-30-26-22-18-17-20-24-28-32-36-42(47)44-40(39-45)41(46)35-31-27-23-19-12-10-8-6-4-2/h13-14,18,22,40-41,45-46H,3-12,15-17,19-21,23-39H2,1-2H3,(H,44,47)/b14-13-,22-18-. The van der Waals surface area contributed by atoms with E-state index in [-0.39, 0.29) is 18.5 Å². The van der Waals surface area contributed by atoms with Crippen molar-refractivity contribution in [2.24, 2.45) is 0 Å². The normalized spacial score (nSPS) is 13.0. The molecule has 0 aromatic rings. The van der Waals surface area contributed by atoms with Crippen LogP contribution in [0.2, 0.25) is 0 Å². The maximum Gasteiger partial charge on any atom is 0.305 e. The van der Waals surface area contributed by atoms with Crippen LogP contribution in [0.25, 0.3) is 0 Å². The maximum atomic E-state index is 12.3. The highest BCUT2D eigenvalue weighted by molar-refractivity contribution is 5.76. The Balaban J connectivity index is 3.55. The number of aliphatic hydroxyl groups is 2. The molecule has 2 unspecified atom stereocenters. The number of carbonyl (C=O) groups is 2. The van der Waals surface area contributed by atoms with Gasteiger partial charge in [0, 0.05) is 12.8 Å². The lowest BCUT2D eigenvalue weighted by atomic mass is 10.0. The van der Waals surface area contributed by atoms with Crippen molar-refractivity contribution in [3.8, 4) is 0 Å². The zero-order valence-corrected chi connectivity index (χ0v) is 32.4. The van der Waals surface area contributed by atoms with Crippen molar-refractivity contribution < 1.29 is 24.5 Å². The third-order valence-corrected chi connectivity index (χ3v) is 9.47. The number of allylic oxidation sites excluding steroid dienone is 4. The highest BCUT2D eigenvalue weighted by atomic mass is 16.5. The van der Waals surface area contributed by atoms with Crippen molar-refractivity contribution in [3.05, 3.63) is 24.3 Å². The molecule has 0 bridgehead atoms. The third kappa shape index (κ3) is 36.0. The number of nitrogens with one attached hydrogen (secondary N) is 1. The van der Waals surface area contributed by atoms with Crippen molar-refractivity contribution >= 4 is 11.9 Å². The van der Waals surface area contributed by atoms with Crippen LogP contribution in [0.15, 0.2) is 24.3 Å². The van der Waals surface area contributed by atoms with Crippen LogP contribution in [0.3, 0.4) is 0 Å². The second-order valence-electron chi connectivity index (χ2n) is 14.3. The van der Waals surface area contributed by atoms with E-state index < -0.39 is 12.1 Å². The van der Waals surface area contributed by atoms with Gasteiger partial charge in [0.2, 0.25) is 5.91 Å². The Morgan fingerprint density at radius 3 is 1.47 bits per heavy atom. The topological polar surface area (TPSA) is 95.9 Å². The number of amides is 1. The third-order valence-electron chi connectivity index (χ3n) is 9.47. The second-order valence-corrected chi connectivity index (χ2v) is 14.3. The Morgan fingerprint density at radius 1 is 0.551 bits per heavy atom. The summed E-state index contributed by atoms with van der Waals surface area (Å²) < 4.78 is 5.40. The predicted molar refractivity (Wildman–Crippen MR) is 209 cm³/mol.